The maximum absolute atomic E-state index is 12.8. The summed E-state index contributed by atoms with van der Waals surface area (Å²) in [6.07, 6.45) is 2.05. The number of benzene rings is 1. The van der Waals surface area contributed by atoms with Crippen LogP contribution in [-0.4, -0.2) is 34.5 Å². The fourth-order valence-electron chi connectivity index (χ4n) is 3.40. The number of hydrogen-bond donors (Lipinski definition) is 1. The summed E-state index contributed by atoms with van der Waals surface area (Å²) in [5.41, 5.74) is 2.25. The largest absolute Gasteiger partial charge is 0.378 e. The smallest absolute Gasteiger partial charge is 0.177 e. The van der Waals surface area contributed by atoms with Crippen LogP contribution in [0.4, 0.5) is 0 Å². The van der Waals surface area contributed by atoms with Crippen LogP contribution >= 0.6 is 11.3 Å². The number of Topliss-reactive ketones (excluding diaryl/α,β-unsaturated/α-hetero) is 1. The molecule has 0 amide bonds. The molecule has 1 aromatic heterocycles. The van der Waals surface area contributed by atoms with E-state index in [0.717, 1.165) is 48.5 Å². The Hall–Kier alpha value is -1.93. The van der Waals surface area contributed by atoms with Crippen LogP contribution < -0.4 is 0 Å². The van der Waals surface area contributed by atoms with Crippen LogP contribution in [-0.2, 0) is 6.54 Å². The Morgan fingerprint density at radius 3 is 2.67 bits per heavy atom. The number of aryl methyl sites for hydroxylation is 1. The van der Waals surface area contributed by atoms with Gasteiger partial charge >= 0.3 is 0 Å². The molecule has 4 heteroatoms. The summed E-state index contributed by atoms with van der Waals surface area (Å²) in [5.74, 6) is 6.25. The van der Waals surface area contributed by atoms with Gasteiger partial charge in [0, 0.05) is 24.6 Å². The zero-order chi connectivity index (χ0) is 19.4. The number of carbonyl (C=O) groups is 1. The second-order valence-corrected chi connectivity index (χ2v) is 8.79. The van der Waals surface area contributed by atoms with Crippen molar-refractivity contribution < 1.29 is 9.90 Å². The van der Waals surface area contributed by atoms with Crippen molar-refractivity contribution >= 4 is 17.1 Å². The third-order valence-corrected chi connectivity index (χ3v) is 5.87. The maximum atomic E-state index is 12.8. The van der Waals surface area contributed by atoms with E-state index in [4.69, 9.17) is 0 Å². The average molecular weight is 382 g/mol. The summed E-state index contributed by atoms with van der Waals surface area (Å²) in [5, 5.41) is 11.7. The highest BCUT2D eigenvalue weighted by Crippen LogP contribution is 2.26. The molecule has 0 saturated carbocycles. The molecule has 1 aromatic carbocycles. The summed E-state index contributed by atoms with van der Waals surface area (Å²) in [6.45, 7) is 8.10. The van der Waals surface area contributed by atoms with Crippen LogP contribution in [0.15, 0.2) is 35.7 Å². The number of hydrogen-bond acceptors (Lipinski definition) is 4. The molecule has 3 rings (SSSR count). The van der Waals surface area contributed by atoms with Crippen LogP contribution in [0.2, 0.25) is 0 Å². The summed E-state index contributed by atoms with van der Waals surface area (Å²) in [4.78, 5) is 16.1. The van der Waals surface area contributed by atoms with Crippen molar-refractivity contribution in [1.82, 2.24) is 4.90 Å². The number of nitrogens with zero attached hydrogens (tertiary/aromatic N) is 1. The minimum absolute atomic E-state index is 0.105. The molecule has 27 heavy (non-hydrogen) atoms. The van der Waals surface area contributed by atoms with E-state index in [1.54, 1.807) is 25.2 Å². The van der Waals surface area contributed by atoms with Gasteiger partial charge in [0.25, 0.3) is 0 Å². The second kappa shape index (κ2) is 8.39. The van der Waals surface area contributed by atoms with Gasteiger partial charge < -0.3 is 5.11 Å². The highest BCUT2D eigenvalue weighted by atomic mass is 32.1. The van der Waals surface area contributed by atoms with Crippen molar-refractivity contribution in [1.29, 1.82) is 0 Å². The Morgan fingerprint density at radius 1 is 1.30 bits per heavy atom. The van der Waals surface area contributed by atoms with Crippen LogP contribution in [0.3, 0.4) is 0 Å². The molecule has 0 spiro atoms. The molecule has 0 bridgehead atoms. The van der Waals surface area contributed by atoms with Gasteiger partial charge in [-0.1, -0.05) is 24.0 Å². The van der Waals surface area contributed by atoms with Crippen molar-refractivity contribution in [3.63, 3.8) is 0 Å². The first-order chi connectivity index (χ1) is 12.8. The molecule has 142 valence electrons. The number of carbonyl (C=O) groups excluding carboxylic acids is 1. The van der Waals surface area contributed by atoms with E-state index >= 15 is 0 Å². The van der Waals surface area contributed by atoms with Crippen molar-refractivity contribution in [3.8, 4) is 11.8 Å². The maximum Gasteiger partial charge on any atom is 0.177 e. The van der Waals surface area contributed by atoms with E-state index in [1.165, 1.54) is 5.56 Å². The van der Waals surface area contributed by atoms with E-state index in [9.17, 15) is 9.90 Å². The van der Waals surface area contributed by atoms with Crippen LogP contribution in [0.5, 0.6) is 0 Å². The molecule has 0 radical (unpaired) electrons. The first-order valence-electron chi connectivity index (χ1n) is 9.47. The Bertz CT molecular complexity index is 849. The molecular formula is C23H27NO2S. The quantitative estimate of drug-likeness (QED) is 0.635. The van der Waals surface area contributed by atoms with E-state index in [1.807, 2.05) is 30.5 Å². The highest BCUT2D eigenvalue weighted by molar-refractivity contribution is 7.12. The topological polar surface area (TPSA) is 40.5 Å². The zero-order valence-electron chi connectivity index (χ0n) is 16.3. The lowest BCUT2D eigenvalue weighted by atomic mass is 9.92. The fraction of sp³-hybridized carbons (Fsp3) is 0.435. The molecule has 3 nitrogen and oxygen atoms in total. The predicted octanol–water partition coefficient (Wildman–Crippen LogP) is 4.27. The Labute approximate surface area is 166 Å². The lowest BCUT2D eigenvalue weighted by Gasteiger charge is -2.32. The molecule has 2 aromatic rings. The number of rotatable bonds is 4. The first-order valence-corrected chi connectivity index (χ1v) is 10.3. The number of piperidine rings is 1. The van der Waals surface area contributed by atoms with E-state index in [2.05, 4.69) is 28.9 Å². The summed E-state index contributed by atoms with van der Waals surface area (Å²) >= 11 is 1.57. The molecule has 1 unspecified atom stereocenters. The minimum atomic E-state index is -0.977. The molecular weight excluding hydrogens is 354 g/mol. The molecule has 1 fully saturated rings. The van der Waals surface area contributed by atoms with Gasteiger partial charge in [0.15, 0.2) is 5.78 Å². The first kappa shape index (κ1) is 19.8. The van der Waals surface area contributed by atoms with Crippen molar-refractivity contribution in [3.05, 3.63) is 57.3 Å². The average Bonchev–Trinajstić information content (AvgIpc) is 3.06. The van der Waals surface area contributed by atoms with Crippen LogP contribution in [0.25, 0.3) is 0 Å². The molecule has 1 aliphatic rings. The highest BCUT2D eigenvalue weighted by Gasteiger charge is 2.28. The van der Waals surface area contributed by atoms with E-state index in [0.29, 0.717) is 5.78 Å². The molecule has 1 N–H and O–H groups in total. The standard InChI is InChI=1S/C23H27NO2S/c1-17-11-14-27-22(17)21(25)20-5-4-13-24(16-20)15-19-8-6-18(7-9-19)10-12-23(2,3)26/h6-9,11,14,20,26H,4-5,13,15-16H2,1-3H3. The number of likely N-dealkylation sites (tertiary alicyclic amines) is 1. The SMILES string of the molecule is Cc1ccsc1C(=O)C1CCCN(Cc2ccc(C#CC(C)(C)O)cc2)C1. The third-order valence-electron chi connectivity index (χ3n) is 4.84. The monoisotopic (exact) mass is 381 g/mol. The lowest BCUT2D eigenvalue weighted by Crippen LogP contribution is -2.38. The van der Waals surface area contributed by atoms with Crippen LogP contribution in [0, 0.1) is 24.7 Å². The molecule has 0 aliphatic carbocycles. The Kier molecular flexibility index (Phi) is 6.16. The zero-order valence-corrected chi connectivity index (χ0v) is 17.1. The van der Waals surface area contributed by atoms with Gasteiger partial charge in [0.1, 0.15) is 5.60 Å². The summed E-state index contributed by atoms with van der Waals surface area (Å²) in [7, 11) is 0. The van der Waals surface area contributed by atoms with Gasteiger partial charge in [0.2, 0.25) is 0 Å². The van der Waals surface area contributed by atoms with E-state index < -0.39 is 5.60 Å². The Balaban J connectivity index is 1.61. The van der Waals surface area contributed by atoms with Crippen molar-refractivity contribution in [2.24, 2.45) is 5.92 Å². The third kappa shape index (κ3) is 5.52. The summed E-state index contributed by atoms with van der Waals surface area (Å²) in [6, 6.07) is 10.2. The number of ketones is 1. The number of thiophene rings is 1. The predicted molar refractivity (Wildman–Crippen MR) is 111 cm³/mol. The van der Waals surface area contributed by atoms with Gasteiger partial charge in [-0.3, -0.25) is 9.69 Å². The van der Waals surface area contributed by atoms with Crippen molar-refractivity contribution in [2.75, 3.05) is 13.1 Å². The second-order valence-electron chi connectivity index (χ2n) is 7.88. The van der Waals surface area contributed by atoms with Gasteiger partial charge in [0.05, 0.1) is 4.88 Å². The Morgan fingerprint density at radius 2 is 2.04 bits per heavy atom. The summed E-state index contributed by atoms with van der Waals surface area (Å²) < 4.78 is 0. The van der Waals surface area contributed by atoms with Gasteiger partial charge in [-0.15, -0.1) is 11.3 Å². The molecule has 1 aliphatic heterocycles. The van der Waals surface area contributed by atoms with Gasteiger partial charge in [-0.2, -0.15) is 0 Å². The molecule has 1 atom stereocenters. The van der Waals surface area contributed by atoms with Crippen LogP contribution in [0.1, 0.15) is 53.1 Å². The normalized spacial score (nSPS) is 18.0. The lowest BCUT2D eigenvalue weighted by molar-refractivity contribution is 0.0815. The van der Waals surface area contributed by atoms with Gasteiger partial charge in [-0.25, -0.2) is 0 Å². The van der Waals surface area contributed by atoms with E-state index in [-0.39, 0.29) is 5.92 Å². The fourth-order valence-corrected chi connectivity index (χ4v) is 4.35. The molecule has 2 heterocycles. The van der Waals surface area contributed by atoms with Crippen molar-refractivity contribution in [2.45, 2.75) is 45.8 Å². The minimum Gasteiger partial charge on any atom is -0.378 e. The van der Waals surface area contributed by atoms with Gasteiger partial charge in [-0.05, 0) is 74.9 Å². The number of aliphatic hydroxyl groups is 1. The molecule has 1 saturated heterocycles.